The van der Waals surface area contributed by atoms with E-state index < -0.39 is 0 Å². The van der Waals surface area contributed by atoms with Crippen LogP contribution in [-0.2, 0) is 0 Å². The third-order valence-electron chi connectivity index (χ3n) is 5.70. The van der Waals surface area contributed by atoms with Crippen molar-refractivity contribution in [3.05, 3.63) is 120 Å². The molecule has 1 heterocycles. The lowest BCUT2D eigenvalue weighted by atomic mass is 9.96. The number of hydrogen-bond donors (Lipinski definition) is 0. The Morgan fingerprint density at radius 2 is 0.964 bits per heavy atom. The first-order valence-corrected chi connectivity index (χ1v) is 10.1. The fourth-order valence-electron chi connectivity index (χ4n) is 4.30. The normalized spacial score (nSPS) is 16.8. The summed E-state index contributed by atoms with van der Waals surface area (Å²) >= 11 is 0. The van der Waals surface area contributed by atoms with Gasteiger partial charge in [0.2, 0.25) is 0 Å². The summed E-state index contributed by atoms with van der Waals surface area (Å²) in [5.41, 5.74) is 4.06. The maximum Gasteiger partial charge on any atom is 0.0602 e. The fraction of sp³-hybridized carbons (Fsp3) is 0.231. The summed E-state index contributed by atoms with van der Waals surface area (Å²) in [6.07, 6.45) is 2.08. The Labute approximate surface area is 168 Å². The zero-order chi connectivity index (χ0) is 19.2. The van der Waals surface area contributed by atoms with Gasteiger partial charge in [-0.2, -0.15) is 0 Å². The Balaban J connectivity index is 1.53. The van der Waals surface area contributed by atoms with E-state index in [4.69, 9.17) is 0 Å². The van der Waals surface area contributed by atoms with E-state index in [9.17, 15) is 0 Å². The van der Waals surface area contributed by atoms with Gasteiger partial charge < -0.3 is 0 Å². The molecule has 2 nitrogen and oxygen atoms in total. The van der Waals surface area contributed by atoms with Gasteiger partial charge in [0.1, 0.15) is 0 Å². The molecule has 0 bridgehead atoms. The average Bonchev–Trinajstić information content (AvgIpc) is 2.78. The van der Waals surface area contributed by atoms with E-state index in [1.54, 1.807) is 0 Å². The molecule has 2 heteroatoms. The van der Waals surface area contributed by atoms with Crippen molar-refractivity contribution in [3.63, 3.8) is 0 Å². The molecule has 1 fully saturated rings. The molecule has 1 aliphatic heterocycles. The number of hydrogen-bond acceptors (Lipinski definition) is 2. The summed E-state index contributed by atoms with van der Waals surface area (Å²) in [5, 5.41) is 0. The van der Waals surface area contributed by atoms with Crippen LogP contribution in [0.1, 0.15) is 28.8 Å². The largest absolute Gasteiger partial charge is 0.290 e. The second kappa shape index (κ2) is 9.01. The predicted molar refractivity (Wildman–Crippen MR) is 117 cm³/mol. The van der Waals surface area contributed by atoms with Crippen molar-refractivity contribution in [1.82, 2.24) is 9.80 Å². The molecule has 1 unspecified atom stereocenters. The van der Waals surface area contributed by atoms with Crippen LogP contribution in [0.5, 0.6) is 0 Å². The number of benzene rings is 3. The van der Waals surface area contributed by atoms with Gasteiger partial charge in [0.15, 0.2) is 0 Å². The molecular weight excluding hydrogens is 340 g/mol. The zero-order valence-corrected chi connectivity index (χ0v) is 16.3. The maximum atomic E-state index is 4.11. The van der Waals surface area contributed by atoms with Crippen molar-refractivity contribution in [2.45, 2.75) is 12.1 Å². The summed E-state index contributed by atoms with van der Waals surface area (Å²) in [6, 6.07) is 33.1. The molecule has 3 aromatic rings. The molecule has 0 amide bonds. The number of rotatable bonds is 6. The minimum atomic E-state index is 0.287. The lowest BCUT2D eigenvalue weighted by Crippen LogP contribution is -2.48. The summed E-state index contributed by atoms with van der Waals surface area (Å²) < 4.78 is 0. The maximum absolute atomic E-state index is 4.11. The second-order valence-electron chi connectivity index (χ2n) is 7.39. The van der Waals surface area contributed by atoms with E-state index in [1.807, 2.05) is 0 Å². The molecule has 0 aromatic heterocycles. The average molecular weight is 369 g/mol. The molecule has 0 saturated carbocycles. The van der Waals surface area contributed by atoms with Crippen LogP contribution in [-0.4, -0.2) is 36.0 Å². The first kappa shape index (κ1) is 18.7. The van der Waals surface area contributed by atoms with Gasteiger partial charge in [0, 0.05) is 26.2 Å². The van der Waals surface area contributed by atoms with Crippen molar-refractivity contribution < 1.29 is 0 Å². The van der Waals surface area contributed by atoms with E-state index in [0.29, 0.717) is 6.04 Å². The quantitative estimate of drug-likeness (QED) is 0.543. The van der Waals surface area contributed by atoms with Crippen LogP contribution in [0.15, 0.2) is 104 Å². The first-order valence-electron chi connectivity index (χ1n) is 10.1. The van der Waals surface area contributed by atoms with Crippen LogP contribution in [0.4, 0.5) is 0 Å². The van der Waals surface area contributed by atoms with E-state index in [0.717, 1.165) is 26.2 Å². The summed E-state index contributed by atoms with van der Waals surface area (Å²) in [6.45, 7) is 8.29. The van der Waals surface area contributed by atoms with E-state index in [2.05, 4.69) is 113 Å². The van der Waals surface area contributed by atoms with Gasteiger partial charge in [-0.15, -0.1) is 6.58 Å². The summed E-state index contributed by atoms with van der Waals surface area (Å²) in [7, 11) is 0. The van der Waals surface area contributed by atoms with Crippen LogP contribution < -0.4 is 0 Å². The molecular formula is C26H28N2. The van der Waals surface area contributed by atoms with Crippen molar-refractivity contribution in [2.24, 2.45) is 0 Å². The molecule has 28 heavy (non-hydrogen) atoms. The molecule has 1 saturated heterocycles. The smallest absolute Gasteiger partial charge is 0.0602 e. The van der Waals surface area contributed by atoms with Gasteiger partial charge in [-0.25, -0.2) is 0 Å². The fourth-order valence-corrected chi connectivity index (χ4v) is 4.30. The van der Waals surface area contributed by atoms with Crippen molar-refractivity contribution >= 4 is 0 Å². The highest BCUT2D eigenvalue weighted by atomic mass is 15.3. The minimum absolute atomic E-state index is 0.287. The Hall–Kier alpha value is -2.68. The molecule has 0 aliphatic carbocycles. The summed E-state index contributed by atoms with van der Waals surface area (Å²) in [5.74, 6) is 0. The lowest BCUT2D eigenvalue weighted by Gasteiger charge is -2.42. The minimum Gasteiger partial charge on any atom is -0.290 e. The van der Waals surface area contributed by atoms with E-state index in [1.165, 1.54) is 16.7 Å². The molecule has 1 atom stereocenters. The van der Waals surface area contributed by atoms with E-state index in [-0.39, 0.29) is 6.04 Å². The molecule has 4 rings (SSSR count). The zero-order valence-electron chi connectivity index (χ0n) is 16.3. The van der Waals surface area contributed by atoms with Crippen LogP contribution in [0.25, 0.3) is 0 Å². The van der Waals surface area contributed by atoms with Gasteiger partial charge in [0.05, 0.1) is 12.1 Å². The monoisotopic (exact) mass is 368 g/mol. The highest BCUT2D eigenvalue weighted by Gasteiger charge is 2.28. The lowest BCUT2D eigenvalue weighted by molar-refractivity contribution is 0.0920. The van der Waals surface area contributed by atoms with Gasteiger partial charge in [-0.3, -0.25) is 9.80 Å². The van der Waals surface area contributed by atoms with Gasteiger partial charge in [0.25, 0.3) is 0 Å². The highest BCUT2D eigenvalue weighted by molar-refractivity contribution is 5.32. The first-order chi connectivity index (χ1) is 13.9. The van der Waals surface area contributed by atoms with Crippen LogP contribution >= 0.6 is 0 Å². The number of nitrogens with zero attached hydrogens (tertiary/aromatic N) is 2. The standard InChI is InChI=1S/C26H28N2/c1-2-25(22-12-6-3-7-13-22)27-18-20-28(21-19-27)26(23-14-8-4-9-15-23)24-16-10-5-11-17-24/h2-17,25-26H,1,18-21H2. The molecule has 3 aromatic carbocycles. The Bertz CT molecular complexity index is 813. The Kier molecular flexibility index (Phi) is 6.01. The van der Waals surface area contributed by atoms with Crippen molar-refractivity contribution in [2.75, 3.05) is 26.2 Å². The highest BCUT2D eigenvalue weighted by Crippen LogP contribution is 2.31. The second-order valence-corrected chi connectivity index (χ2v) is 7.39. The van der Waals surface area contributed by atoms with Crippen LogP contribution in [0.3, 0.4) is 0 Å². The molecule has 0 N–H and O–H groups in total. The van der Waals surface area contributed by atoms with Crippen LogP contribution in [0, 0.1) is 0 Å². The summed E-state index contributed by atoms with van der Waals surface area (Å²) in [4.78, 5) is 5.16. The number of piperazine rings is 1. The van der Waals surface area contributed by atoms with Gasteiger partial charge >= 0.3 is 0 Å². The predicted octanol–water partition coefficient (Wildman–Crippen LogP) is 5.32. The topological polar surface area (TPSA) is 6.48 Å². The third-order valence-corrected chi connectivity index (χ3v) is 5.70. The third kappa shape index (κ3) is 4.09. The molecule has 142 valence electrons. The molecule has 0 radical (unpaired) electrons. The van der Waals surface area contributed by atoms with Crippen LogP contribution in [0.2, 0.25) is 0 Å². The van der Waals surface area contributed by atoms with Crippen molar-refractivity contribution in [1.29, 1.82) is 0 Å². The Morgan fingerprint density at radius 3 is 1.39 bits per heavy atom. The molecule has 1 aliphatic rings. The van der Waals surface area contributed by atoms with E-state index >= 15 is 0 Å². The SMILES string of the molecule is C=CC(c1ccccc1)N1CCN(C(c2ccccc2)c2ccccc2)CC1. The molecule has 0 spiro atoms. The van der Waals surface area contributed by atoms with Gasteiger partial charge in [-0.1, -0.05) is 97.1 Å². The Morgan fingerprint density at radius 1 is 0.571 bits per heavy atom. The van der Waals surface area contributed by atoms with Gasteiger partial charge in [-0.05, 0) is 16.7 Å². The van der Waals surface area contributed by atoms with Crippen molar-refractivity contribution in [3.8, 4) is 0 Å².